The van der Waals surface area contributed by atoms with Crippen molar-refractivity contribution in [2.24, 2.45) is 11.8 Å². The predicted octanol–water partition coefficient (Wildman–Crippen LogP) is 2.15. The first-order chi connectivity index (χ1) is 9.54. The molecule has 1 atom stereocenters. The van der Waals surface area contributed by atoms with E-state index in [1.165, 1.54) is 0 Å². The minimum atomic E-state index is -0.809. The molecule has 0 aromatic heterocycles. The Morgan fingerprint density at radius 1 is 1.25 bits per heavy atom. The lowest BCUT2D eigenvalue weighted by atomic mass is 9.69. The van der Waals surface area contributed by atoms with E-state index in [9.17, 15) is 9.59 Å². The van der Waals surface area contributed by atoms with E-state index >= 15 is 0 Å². The molecular weight excluding hydrogens is 258 g/mol. The first-order valence-corrected chi connectivity index (χ1v) is 7.08. The largest absolute Gasteiger partial charge is 0.481 e. The molecule has 0 saturated heterocycles. The molecule has 0 aromatic rings. The summed E-state index contributed by atoms with van der Waals surface area (Å²) < 4.78 is 0. The number of carboxylic acid groups (broad SMARTS) is 2. The molecule has 1 fully saturated rings. The topological polar surface area (TPSA) is 86.6 Å². The van der Waals surface area contributed by atoms with E-state index in [0.29, 0.717) is 0 Å². The smallest absolute Gasteiger partial charge is 0.305 e. The van der Waals surface area contributed by atoms with Crippen molar-refractivity contribution >= 4 is 11.9 Å². The fourth-order valence-electron chi connectivity index (χ4n) is 3.01. The molecule has 0 aliphatic heterocycles. The molecule has 0 bridgehead atoms. The number of carboxylic acids is 2. The van der Waals surface area contributed by atoms with Crippen LogP contribution in [0.2, 0.25) is 0 Å². The van der Waals surface area contributed by atoms with E-state index in [-0.39, 0.29) is 30.7 Å². The van der Waals surface area contributed by atoms with Gasteiger partial charge in [0, 0.05) is 24.6 Å². The lowest BCUT2D eigenvalue weighted by Gasteiger charge is -2.40. The number of carbonyl (C=O) groups is 2. The van der Waals surface area contributed by atoms with Gasteiger partial charge in [-0.05, 0) is 31.1 Å². The summed E-state index contributed by atoms with van der Waals surface area (Å²) >= 11 is 0. The van der Waals surface area contributed by atoms with Crippen LogP contribution < -0.4 is 5.32 Å². The molecule has 5 heteroatoms. The summed E-state index contributed by atoms with van der Waals surface area (Å²) in [6.07, 6.45) is 9.85. The Bertz CT molecular complexity index is 435. The Labute approximate surface area is 118 Å². The van der Waals surface area contributed by atoms with Crippen LogP contribution in [0, 0.1) is 11.8 Å². The SMILES string of the molecule is O=C(O)CC1CC(C(CC(=O)O)NC2=CCC=CC2)C1. The van der Waals surface area contributed by atoms with Crippen molar-refractivity contribution in [2.75, 3.05) is 0 Å². The van der Waals surface area contributed by atoms with E-state index in [4.69, 9.17) is 10.2 Å². The van der Waals surface area contributed by atoms with Gasteiger partial charge in [-0.1, -0.05) is 18.2 Å². The van der Waals surface area contributed by atoms with Crippen LogP contribution in [0.1, 0.15) is 38.5 Å². The third-order valence-electron chi connectivity index (χ3n) is 4.07. The average Bonchev–Trinajstić information content (AvgIpc) is 2.33. The highest BCUT2D eigenvalue weighted by molar-refractivity contribution is 5.68. The van der Waals surface area contributed by atoms with Crippen LogP contribution in [0.25, 0.3) is 0 Å². The Morgan fingerprint density at radius 3 is 2.55 bits per heavy atom. The van der Waals surface area contributed by atoms with Gasteiger partial charge in [-0.25, -0.2) is 0 Å². The van der Waals surface area contributed by atoms with Gasteiger partial charge in [-0.3, -0.25) is 9.59 Å². The van der Waals surface area contributed by atoms with Crippen LogP contribution in [-0.4, -0.2) is 28.2 Å². The number of hydrogen-bond donors (Lipinski definition) is 3. The number of allylic oxidation sites excluding steroid dienone is 3. The number of rotatable bonds is 7. The molecular formula is C15H21NO4. The summed E-state index contributed by atoms with van der Waals surface area (Å²) in [5.41, 5.74) is 1.08. The van der Waals surface area contributed by atoms with E-state index in [2.05, 4.69) is 23.5 Å². The quantitative estimate of drug-likeness (QED) is 0.622. The van der Waals surface area contributed by atoms with Crippen molar-refractivity contribution in [1.29, 1.82) is 0 Å². The Hall–Kier alpha value is -1.78. The summed E-state index contributed by atoms with van der Waals surface area (Å²) in [6, 6.07) is -0.0877. The third-order valence-corrected chi connectivity index (χ3v) is 4.07. The lowest BCUT2D eigenvalue weighted by Crippen LogP contribution is -2.44. The maximum absolute atomic E-state index is 11.0. The minimum absolute atomic E-state index is 0.0877. The van der Waals surface area contributed by atoms with Crippen molar-refractivity contribution in [3.63, 3.8) is 0 Å². The second kappa shape index (κ2) is 6.59. The molecule has 2 aliphatic carbocycles. The van der Waals surface area contributed by atoms with Gasteiger partial charge < -0.3 is 15.5 Å². The normalized spacial score (nSPS) is 26.3. The molecule has 3 N–H and O–H groups in total. The van der Waals surface area contributed by atoms with Gasteiger partial charge in [-0.15, -0.1) is 0 Å². The van der Waals surface area contributed by atoms with E-state index < -0.39 is 11.9 Å². The van der Waals surface area contributed by atoms with Crippen LogP contribution >= 0.6 is 0 Å². The molecule has 20 heavy (non-hydrogen) atoms. The summed E-state index contributed by atoms with van der Waals surface area (Å²) in [5, 5.41) is 21.1. The zero-order chi connectivity index (χ0) is 14.5. The highest BCUT2D eigenvalue weighted by Gasteiger charge is 2.37. The van der Waals surface area contributed by atoms with Gasteiger partial charge in [0.25, 0.3) is 0 Å². The maximum Gasteiger partial charge on any atom is 0.305 e. The van der Waals surface area contributed by atoms with Gasteiger partial charge >= 0.3 is 11.9 Å². The van der Waals surface area contributed by atoms with Gasteiger partial charge in [0.05, 0.1) is 6.42 Å². The first kappa shape index (κ1) is 14.6. The number of nitrogens with one attached hydrogen (secondary N) is 1. The molecule has 0 heterocycles. The molecule has 2 aliphatic rings. The lowest BCUT2D eigenvalue weighted by molar-refractivity contribution is -0.141. The second-order valence-electron chi connectivity index (χ2n) is 5.68. The van der Waals surface area contributed by atoms with E-state index in [1.54, 1.807) is 0 Å². The third kappa shape index (κ3) is 4.11. The summed E-state index contributed by atoms with van der Waals surface area (Å²) in [7, 11) is 0. The molecule has 5 nitrogen and oxygen atoms in total. The highest BCUT2D eigenvalue weighted by atomic mass is 16.4. The zero-order valence-electron chi connectivity index (χ0n) is 11.4. The standard InChI is InChI=1S/C15H21NO4/c17-14(18)8-10-6-11(7-10)13(9-15(19)20)16-12-4-2-1-3-5-12/h1-2,5,10-11,13,16H,3-4,6-9H2,(H,17,18)(H,19,20). The van der Waals surface area contributed by atoms with Gasteiger partial charge in [-0.2, -0.15) is 0 Å². The van der Waals surface area contributed by atoms with Crippen LogP contribution in [-0.2, 0) is 9.59 Å². The van der Waals surface area contributed by atoms with Crippen molar-refractivity contribution in [1.82, 2.24) is 5.32 Å². The summed E-state index contributed by atoms with van der Waals surface area (Å²) in [6.45, 7) is 0. The fraction of sp³-hybridized carbons (Fsp3) is 0.600. The average molecular weight is 279 g/mol. The molecule has 1 unspecified atom stereocenters. The molecule has 0 amide bonds. The molecule has 0 aromatic carbocycles. The van der Waals surface area contributed by atoms with Gasteiger partial charge in [0.2, 0.25) is 0 Å². The van der Waals surface area contributed by atoms with Crippen molar-refractivity contribution in [3.05, 3.63) is 23.9 Å². The Kier molecular flexibility index (Phi) is 4.82. The first-order valence-electron chi connectivity index (χ1n) is 7.08. The fourth-order valence-corrected chi connectivity index (χ4v) is 3.01. The van der Waals surface area contributed by atoms with E-state index in [0.717, 1.165) is 31.4 Å². The summed E-state index contributed by atoms with van der Waals surface area (Å²) in [5.74, 6) is -1.11. The predicted molar refractivity (Wildman–Crippen MR) is 74.1 cm³/mol. The molecule has 0 radical (unpaired) electrons. The van der Waals surface area contributed by atoms with Gasteiger partial charge in [0.15, 0.2) is 0 Å². The molecule has 0 spiro atoms. The highest BCUT2D eigenvalue weighted by Crippen LogP contribution is 2.39. The number of hydrogen-bond acceptors (Lipinski definition) is 3. The van der Waals surface area contributed by atoms with Crippen LogP contribution in [0.15, 0.2) is 23.9 Å². The van der Waals surface area contributed by atoms with Gasteiger partial charge in [0.1, 0.15) is 0 Å². The van der Waals surface area contributed by atoms with Crippen LogP contribution in [0.5, 0.6) is 0 Å². The zero-order valence-corrected chi connectivity index (χ0v) is 11.4. The monoisotopic (exact) mass is 279 g/mol. The summed E-state index contributed by atoms with van der Waals surface area (Å²) in [4.78, 5) is 21.6. The van der Waals surface area contributed by atoms with Crippen molar-refractivity contribution in [2.45, 2.75) is 44.6 Å². The van der Waals surface area contributed by atoms with Crippen LogP contribution in [0.4, 0.5) is 0 Å². The second-order valence-corrected chi connectivity index (χ2v) is 5.68. The van der Waals surface area contributed by atoms with E-state index in [1.807, 2.05) is 0 Å². The van der Waals surface area contributed by atoms with Crippen LogP contribution in [0.3, 0.4) is 0 Å². The van der Waals surface area contributed by atoms with Crippen molar-refractivity contribution in [3.8, 4) is 0 Å². The van der Waals surface area contributed by atoms with Crippen molar-refractivity contribution < 1.29 is 19.8 Å². The molecule has 110 valence electrons. The maximum atomic E-state index is 11.0. The Balaban J connectivity index is 1.86. The Morgan fingerprint density at radius 2 is 2.00 bits per heavy atom. The minimum Gasteiger partial charge on any atom is -0.481 e. The molecule has 1 saturated carbocycles. The molecule has 2 rings (SSSR count). The number of aliphatic carboxylic acids is 2.